The van der Waals surface area contributed by atoms with E-state index in [9.17, 15) is 12.8 Å². The summed E-state index contributed by atoms with van der Waals surface area (Å²) in [4.78, 5) is 0. The summed E-state index contributed by atoms with van der Waals surface area (Å²) in [5.41, 5.74) is 1.02. The van der Waals surface area contributed by atoms with Crippen LogP contribution in [0.5, 0.6) is 0 Å². The Kier molecular flexibility index (Phi) is 2.81. The van der Waals surface area contributed by atoms with E-state index in [1.807, 2.05) is 0 Å². The summed E-state index contributed by atoms with van der Waals surface area (Å²) < 4.78 is 33.5. The van der Waals surface area contributed by atoms with Crippen molar-refractivity contribution in [1.82, 2.24) is 0 Å². The van der Waals surface area contributed by atoms with Crippen LogP contribution in [-0.4, -0.2) is 8.42 Å². The van der Waals surface area contributed by atoms with E-state index in [2.05, 4.69) is 0 Å². The molecule has 0 aliphatic heterocycles. The highest BCUT2D eigenvalue weighted by Gasteiger charge is 2.02. The number of benzene rings is 1. The standard InChI is InChI=1S/C8H9FO2S/c1-6-2-3-7(5-12(10)11)8(9)4-6/h2-4,12H,5H2,1H3. The summed E-state index contributed by atoms with van der Waals surface area (Å²) in [7, 11) is -2.54. The average Bonchev–Trinajstić information content (AvgIpc) is 1.94. The average molecular weight is 188 g/mol. The topological polar surface area (TPSA) is 34.1 Å². The Morgan fingerprint density at radius 2 is 2.08 bits per heavy atom. The number of hydrogen-bond donors (Lipinski definition) is 1. The molecule has 0 atom stereocenters. The van der Waals surface area contributed by atoms with E-state index in [4.69, 9.17) is 0 Å². The molecule has 0 aromatic heterocycles. The molecule has 0 unspecified atom stereocenters. The molecule has 0 fully saturated rings. The van der Waals surface area contributed by atoms with Gasteiger partial charge >= 0.3 is 0 Å². The molecule has 1 aromatic rings. The third kappa shape index (κ3) is 2.30. The molecule has 0 saturated carbocycles. The molecular formula is C8H9FO2S. The Hall–Kier alpha value is -0.900. The van der Waals surface area contributed by atoms with Crippen molar-refractivity contribution in [3.63, 3.8) is 0 Å². The Morgan fingerprint density at radius 3 is 2.58 bits per heavy atom. The molecule has 0 saturated heterocycles. The summed E-state index contributed by atoms with van der Waals surface area (Å²) in [6.45, 7) is 1.75. The monoisotopic (exact) mass is 188 g/mol. The van der Waals surface area contributed by atoms with Crippen LogP contribution in [0.2, 0.25) is 0 Å². The smallest absolute Gasteiger partial charge is 0.144 e. The Labute approximate surface area is 72.0 Å². The lowest BCUT2D eigenvalue weighted by molar-refractivity contribution is 0.600. The molecule has 2 nitrogen and oxygen atoms in total. The highest BCUT2D eigenvalue weighted by molar-refractivity contribution is 7.71. The fourth-order valence-electron chi connectivity index (χ4n) is 0.920. The van der Waals surface area contributed by atoms with Crippen LogP contribution in [0.25, 0.3) is 0 Å². The van der Waals surface area contributed by atoms with Crippen LogP contribution in [-0.2, 0) is 16.5 Å². The van der Waals surface area contributed by atoms with Gasteiger partial charge in [-0.25, -0.2) is 12.8 Å². The first-order chi connectivity index (χ1) is 5.59. The third-order valence-corrected chi connectivity index (χ3v) is 2.11. The van der Waals surface area contributed by atoms with Crippen molar-refractivity contribution >= 4 is 10.7 Å². The maximum Gasteiger partial charge on any atom is 0.144 e. The Morgan fingerprint density at radius 1 is 1.42 bits per heavy atom. The van der Waals surface area contributed by atoms with Crippen LogP contribution in [0.15, 0.2) is 18.2 Å². The molecule has 0 amide bonds. The first-order valence-corrected chi connectivity index (χ1v) is 4.82. The van der Waals surface area contributed by atoms with E-state index in [1.54, 1.807) is 13.0 Å². The van der Waals surface area contributed by atoms with Crippen molar-refractivity contribution in [3.05, 3.63) is 35.1 Å². The Balaban J connectivity index is 3.01. The van der Waals surface area contributed by atoms with Gasteiger partial charge in [0.25, 0.3) is 0 Å². The quantitative estimate of drug-likeness (QED) is 0.709. The van der Waals surface area contributed by atoms with Gasteiger partial charge in [-0.05, 0) is 18.6 Å². The maximum absolute atomic E-state index is 12.9. The molecule has 66 valence electrons. The second-order valence-electron chi connectivity index (χ2n) is 2.59. The molecule has 0 spiro atoms. The minimum atomic E-state index is -2.54. The normalized spacial score (nSPS) is 10.6. The zero-order valence-corrected chi connectivity index (χ0v) is 7.48. The summed E-state index contributed by atoms with van der Waals surface area (Å²) in [6.07, 6.45) is 0. The molecule has 0 N–H and O–H groups in total. The lowest BCUT2D eigenvalue weighted by Crippen LogP contribution is -1.92. The van der Waals surface area contributed by atoms with E-state index in [-0.39, 0.29) is 11.3 Å². The number of halogens is 1. The largest absolute Gasteiger partial charge is 0.232 e. The van der Waals surface area contributed by atoms with Gasteiger partial charge in [0.05, 0.1) is 5.75 Å². The zero-order chi connectivity index (χ0) is 9.14. The third-order valence-electron chi connectivity index (χ3n) is 1.51. The highest BCUT2D eigenvalue weighted by atomic mass is 32.2. The molecular weight excluding hydrogens is 179 g/mol. The molecule has 4 heteroatoms. The van der Waals surface area contributed by atoms with Crippen molar-refractivity contribution in [3.8, 4) is 0 Å². The second-order valence-corrected chi connectivity index (χ2v) is 3.57. The minimum Gasteiger partial charge on any atom is -0.232 e. The van der Waals surface area contributed by atoms with Crippen molar-refractivity contribution < 1.29 is 12.8 Å². The van der Waals surface area contributed by atoms with Gasteiger partial charge in [-0.2, -0.15) is 0 Å². The lowest BCUT2D eigenvalue weighted by Gasteiger charge is -1.98. The Bertz CT molecular complexity index is 350. The number of hydrogen-bond acceptors (Lipinski definition) is 2. The van der Waals surface area contributed by atoms with E-state index in [1.165, 1.54) is 12.1 Å². The predicted molar refractivity (Wildman–Crippen MR) is 45.2 cm³/mol. The van der Waals surface area contributed by atoms with Crippen molar-refractivity contribution in [1.29, 1.82) is 0 Å². The van der Waals surface area contributed by atoms with E-state index >= 15 is 0 Å². The van der Waals surface area contributed by atoms with Crippen LogP contribution in [0.3, 0.4) is 0 Å². The van der Waals surface area contributed by atoms with Gasteiger partial charge in [0.15, 0.2) is 0 Å². The highest BCUT2D eigenvalue weighted by Crippen LogP contribution is 2.10. The van der Waals surface area contributed by atoms with Crippen molar-refractivity contribution in [2.75, 3.05) is 0 Å². The van der Waals surface area contributed by atoms with Gasteiger partial charge in [-0.1, -0.05) is 12.1 Å². The zero-order valence-electron chi connectivity index (χ0n) is 6.58. The SMILES string of the molecule is Cc1ccc(C[SH](=O)=O)c(F)c1. The number of aryl methyl sites for hydroxylation is 1. The molecule has 12 heavy (non-hydrogen) atoms. The first-order valence-electron chi connectivity index (χ1n) is 3.46. The second kappa shape index (κ2) is 3.67. The summed E-state index contributed by atoms with van der Waals surface area (Å²) >= 11 is 0. The molecule has 0 aliphatic carbocycles. The molecule has 0 aliphatic rings. The van der Waals surface area contributed by atoms with E-state index in [0.29, 0.717) is 0 Å². The van der Waals surface area contributed by atoms with Gasteiger partial charge in [-0.15, -0.1) is 0 Å². The van der Waals surface area contributed by atoms with E-state index < -0.39 is 16.5 Å². The summed E-state index contributed by atoms with van der Waals surface area (Å²) in [5, 5.41) is 0. The van der Waals surface area contributed by atoms with Crippen LogP contribution < -0.4 is 0 Å². The van der Waals surface area contributed by atoms with Gasteiger partial charge in [0.1, 0.15) is 16.5 Å². The van der Waals surface area contributed by atoms with Gasteiger partial charge in [0, 0.05) is 5.56 Å². The molecule has 0 radical (unpaired) electrons. The lowest BCUT2D eigenvalue weighted by atomic mass is 10.2. The molecule has 1 rings (SSSR count). The summed E-state index contributed by atoms with van der Waals surface area (Å²) in [6, 6.07) is 4.52. The van der Waals surface area contributed by atoms with Crippen molar-refractivity contribution in [2.24, 2.45) is 0 Å². The summed E-state index contributed by atoms with van der Waals surface area (Å²) in [5.74, 6) is -0.671. The van der Waals surface area contributed by atoms with E-state index in [0.717, 1.165) is 5.56 Å². The molecule has 1 aromatic carbocycles. The van der Waals surface area contributed by atoms with Crippen LogP contribution in [0.1, 0.15) is 11.1 Å². The molecule has 0 bridgehead atoms. The minimum absolute atomic E-state index is 0.221. The van der Waals surface area contributed by atoms with Gasteiger partial charge in [0.2, 0.25) is 0 Å². The fraction of sp³-hybridized carbons (Fsp3) is 0.250. The number of thiol groups is 1. The maximum atomic E-state index is 12.9. The van der Waals surface area contributed by atoms with Gasteiger partial charge < -0.3 is 0 Å². The predicted octanol–water partition coefficient (Wildman–Crippen LogP) is 1.25. The fourth-order valence-corrected chi connectivity index (χ4v) is 1.45. The van der Waals surface area contributed by atoms with Crippen LogP contribution >= 0.6 is 0 Å². The van der Waals surface area contributed by atoms with Crippen molar-refractivity contribution in [2.45, 2.75) is 12.7 Å². The first kappa shape index (κ1) is 9.19. The molecule has 0 heterocycles. The van der Waals surface area contributed by atoms with Crippen LogP contribution in [0, 0.1) is 12.7 Å². The van der Waals surface area contributed by atoms with Crippen LogP contribution in [0.4, 0.5) is 4.39 Å². The number of rotatable bonds is 2. The van der Waals surface area contributed by atoms with Gasteiger partial charge in [-0.3, -0.25) is 0 Å².